The van der Waals surface area contributed by atoms with Crippen LogP contribution in [0.2, 0.25) is 0 Å². The molecule has 1 N–H and O–H groups in total. The molecule has 1 aromatic rings. The van der Waals surface area contributed by atoms with E-state index in [2.05, 4.69) is 12.4 Å². The fraction of sp³-hybridized carbons (Fsp3) is 0.611. The van der Waals surface area contributed by atoms with Crippen molar-refractivity contribution in [2.24, 2.45) is 11.8 Å². The summed E-state index contributed by atoms with van der Waals surface area (Å²) in [4.78, 5) is 17.3. The van der Waals surface area contributed by atoms with Crippen molar-refractivity contribution < 1.29 is 14.0 Å². The fourth-order valence-corrected chi connectivity index (χ4v) is 2.81. The standard InChI is InChI=1S/C18H26FNO2/c1-3-4-5-6-7-8-14-12-16(14)18(21)20-22-17-10-9-15(19)11-13(17)2/h9-11,14,16H,3-8,12H2,1-2H3,(H,20,21). The van der Waals surface area contributed by atoms with Gasteiger partial charge in [0, 0.05) is 5.92 Å². The lowest BCUT2D eigenvalue weighted by molar-refractivity contribution is -0.129. The van der Waals surface area contributed by atoms with Crippen LogP contribution in [-0.4, -0.2) is 5.91 Å². The molecule has 22 heavy (non-hydrogen) atoms. The largest absolute Gasteiger partial charge is 0.379 e. The average Bonchev–Trinajstić information content (AvgIpc) is 3.25. The summed E-state index contributed by atoms with van der Waals surface area (Å²) in [6.45, 7) is 3.96. The summed E-state index contributed by atoms with van der Waals surface area (Å²) in [6, 6.07) is 4.24. The normalized spacial score (nSPS) is 19.8. The number of hydrogen-bond acceptors (Lipinski definition) is 2. The van der Waals surface area contributed by atoms with E-state index >= 15 is 0 Å². The van der Waals surface area contributed by atoms with Crippen LogP contribution >= 0.6 is 0 Å². The third-order valence-electron chi connectivity index (χ3n) is 4.34. The van der Waals surface area contributed by atoms with Crippen LogP contribution < -0.4 is 10.3 Å². The predicted octanol–water partition coefficient (Wildman–Crippen LogP) is 4.54. The first-order valence-electron chi connectivity index (χ1n) is 8.34. The van der Waals surface area contributed by atoms with Crippen LogP contribution in [0.25, 0.3) is 0 Å². The fourth-order valence-electron chi connectivity index (χ4n) is 2.81. The second-order valence-corrected chi connectivity index (χ2v) is 6.28. The van der Waals surface area contributed by atoms with Gasteiger partial charge in [-0.3, -0.25) is 4.79 Å². The van der Waals surface area contributed by atoms with Crippen LogP contribution in [0.15, 0.2) is 18.2 Å². The van der Waals surface area contributed by atoms with Crippen molar-refractivity contribution in [3.8, 4) is 5.75 Å². The van der Waals surface area contributed by atoms with E-state index in [4.69, 9.17) is 4.84 Å². The number of amides is 1. The van der Waals surface area contributed by atoms with E-state index in [1.54, 1.807) is 6.92 Å². The minimum atomic E-state index is -0.304. The van der Waals surface area contributed by atoms with Crippen LogP contribution in [0.1, 0.15) is 57.4 Å². The summed E-state index contributed by atoms with van der Waals surface area (Å²) in [6.07, 6.45) is 8.44. The molecule has 3 nitrogen and oxygen atoms in total. The first-order valence-corrected chi connectivity index (χ1v) is 8.34. The van der Waals surface area contributed by atoms with Crippen molar-refractivity contribution >= 4 is 5.91 Å². The van der Waals surface area contributed by atoms with Crippen molar-refractivity contribution in [3.05, 3.63) is 29.6 Å². The summed E-state index contributed by atoms with van der Waals surface area (Å²) in [5.74, 6) is 0.738. The van der Waals surface area contributed by atoms with Crippen LogP contribution in [0.3, 0.4) is 0 Å². The zero-order valence-corrected chi connectivity index (χ0v) is 13.5. The van der Waals surface area contributed by atoms with E-state index in [-0.39, 0.29) is 17.6 Å². The number of hydroxylamine groups is 1. The molecule has 1 aliphatic carbocycles. The van der Waals surface area contributed by atoms with Gasteiger partial charge < -0.3 is 4.84 Å². The highest BCUT2D eigenvalue weighted by atomic mass is 19.1. The van der Waals surface area contributed by atoms with E-state index in [1.807, 2.05) is 0 Å². The Morgan fingerprint density at radius 1 is 1.32 bits per heavy atom. The van der Waals surface area contributed by atoms with Crippen LogP contribution in [0.4, 0.5) is 4.39 Å². The van der Waals surface area contributed by atoms with Gasteiger partial charge in [-0.05, 0) is 49.4 Å². The molecule has 122 valence electrons. The number of halogens is 1. The predicted molar refractivity (Wildman–Crippen MR) is 84.9 cm³/mol. The first-order chi connectivity index (χ1) is 10.6. The van der Waals surface area contributed by atoms with E-state index in [9.17, 15) is 9.18 Å². The maximum atomic E-state index is 13.0. The summed E-state index contributed by atoms with van der Waals surface area (Å²) in [5.41, 5.74) is 3.17. The zero-order valence-electron chi connectivity index (χ0n) is 13.5. The average molecular weight is 307 g/mol. The number of aryl methyl sites for hydroxylation is 1. The molecule has 0 spiro atoms. The third-order valence-corrected chi connectivity index (χ3v) is 4.34. The molecule has 2 atom stereocenters. The van der Waals surface area contributed by atoms with Crippen molar-refractivity contribution in [2.45, 2.75) is 58.8 Å². The minimum absolute atomic E-state index is 0.0534. The van der Waals surface area contributed by atoms with Gasteiger partial charge in [-0.1, -0.05) is 39.0 Å². The van der Waals surface area contributed by atoms with Gasteiger partial charge >= 0.3 is 0 Å². The molecule has 1 fully saturated rings. The number of carbonyl (C=O) groups excluding carboxylic acids is 1. The Labute approximate surface area is 132 Å². The highest BCUT2D eigenvalue weighted by molar-refractivity contribution is 5.80. The Bertz CT molecular complexity index is 504. The maximum Gasteiger partial charge on any atom is 0.255 e. The molecule has 0 radical (unpaired) electrons. The number of benzene rings is 1. The summed E-state index contributed by atoms with van der Waals surface area (Å²) >= 11 is 0. The molecule has 1 aromatic carbocycles. The third kappa shape index (κ3) is 5.00. The van der Waals surface area contributed by atoms with Gasteiger partial charge in [-0.2, -0.15) is 5.48 Å². The molecular weight excluding hydrogens is 281 g/mol. The quantitative estimate of drug-likeness (QED) is 0.537. The Hall–Kier alpha value is -1.58. The van der Waals surface area contributed by atoms with Crippen LogP contribution in [0.5, 0.6) is 5.75 Å². The molecule has 0 aliphatic heterocycles. The van der Waals surface area contributed by atoms with E-state index in [0.717, 1.165) is 12.8 Å². The summed E-state index contributed by atoms with van der Waals surface area (Å²) in [5, 5.41) is 0. The maximum absolute atomic E-state index is 13.0. The molecule has 0 saturated heterocycles. The van der Waals surface area contributed by atoms with Gasteiger partial charge in [-0.25, -0.2) is 4.39 Å². The van der Waals surface area contributed by atoms with Gasteiger partial charge in [0.05, 0.1) is 0 Å². The van der Waals surface area contributed by atoms with E-state index < -0.39 is 0 Å². The van der Waals surface area contributed by atoms with Crippen LogP contribution in [0, 0.1) is 24.6 Å². The SMILES string of the molecule is CCCCCCCC1CC1C(=O)NOc1ccc(F)cc1C. The minimum Gasteiger partial charge on any atom is -0.379 e. The molecule has 2 rings (SSSR count). The summed E-state index contributed by atoms with van der Waals surface area (Å²) < 4.78 is 13.0. The molecule has 4 heteroatoms. The van der Waals surface area contributed by atoms with Gasteiger partial charge in [0.25, 0.3) is 5.91 Å². The molecule has 1 aliphatic rings. The molecule has 0 heterocycles. The molecule has 0 aromatic heterocycles. The van der Waals surface area contributed by atoms with Crippen molar-refractivity contribution in [1.29, 1.82) is 0 Å². The molecule has 2 unspecified atom stereocenters. The zero-order chi connectivity index (χ0) is 15.9. The summed E-state index contributed by atoms with van der Waals surface area (Å²) in [7, 11) is 0. The van der Waals surface area contributed by atoms with E-state index in [1.165, 1.54) is 50.3 Å². The van der Waals surface area contributed by atoms with Crippen molar-refractivity contribution in [3.63, 3.8) is 0 Å². The van der Waals surface area contributed by atoms with Gasteiger partial charge in [0.1, 0.15) is 5.82 Å². The smallest absolute Gasteiger partial charge is 0.255 e. The second-order valence-electron chi connectivity index (χ2n) is 6.28. The Balaban J connectivity index is 1.64. The Morgan fingerprint density at radius 3 is 2.82 bits per heavy atom. The Morgan fingerprint density at radius 2 is 2.09 bits per heavy atom. The second kappa shape index (κ2) is 8.16. The lowest BCUT2D eigenvalue weighted by Crippen LogP contribution is -2.29. The lowest BCUT2D eigenvalue weighted by Gasteiger charge is -2.09. The van der Waals surface area contributed by atoms with E-state index in [0.29, 0.717) is 17.2 Å². The number of unbranched alkanes of at least 4 members (excludes halogenated alkanes) is 4. The molecule has 1 amide bonds. The highest BCUT2D eigenvalue weighted by Crippen LogP contribution is 2.42. The van der Waals surface area contributed by atoms with Crippen molar-refractivity contribution in [1.82, 2.24) is 5.48 Å². The van der Waals surface area contributed by atoms with Gasteiger partial charge in [0.2, 0.25) is 0 Å². The van der Waals surface area contributed by atoms with Crippen molar-refractivity contribution in [2.75, 3.05) is 0 Å². The highest BCUT2D eigenvalue weighted by Gasteiger charge is 2.42. The molecular formula is C18H26FNO2. The number of rotatable bonds is 9. The number of hydrogen-bond donors (Lipinski definition) is 1. The van der Waals surface area contributed by atoms with Gasteiger partial charge in [0.15, 0.2) is 5.75 Å². The topological polar surface area (TPSA) is 38.3 Å². The molecule has 0 bridgehead atoms. The van der Waals surface area contributed by atoms with Crippen LogP contribution in [-0.2, 0) is 4.79 Å². The number of carbonyl (C=O) groups is 1. The monoisotopic (exact) mass is 307 g/mol. The Kier molecular flexibility index (Phi) is 6.22. The number of nitrogens with one attached hydrogen (secondary N) is 1. The van der Waals surface area contributed by atoms with Gasteiger partial charge in [-0.15, -0.1) is 0 Å². The first kappa shape index (κ1) is 16.8. The molecule has 1 saturated carbocycles. The lowest BCUT2D eigenvalue weighted by atomic mass is 10.1.